The van der Waals surface area contributed by atoms with Gasteiger partial charge in [0.15, 0.2) is 5.78 Å². The number of ketones is 1. The molecule has 0 bridgehead atoms. The summed E-state index contributed by atoms with van der Waals surface area (Å²) in [5, 5.41) is 2.40. The molecule has 0 amide bonds. The second kappa shape index (κ2) is 5.41. The fourth-order valence-electron chi connectivity index (χ4n) is 3.56. The van der Waals surface area contributed by atoms with Crippen molar-refractivity contribution < 1.29 is 14.8 Å². The molecule has 1 aliphatic carbocycles. The van der Waals surface area contributed by atoms with Crippen LogP contribution in [0, 0.1) is 5.41 Å². The largest absolute Gasteiger partial charge is 0.497 e. The molecule has 1 aliphatic heterocycles. The molecule has 1 heterocycles. The van der Waals surface area contributed by atoms with Crippen molar-refractivity contribution in [1.29, 1.82) is 0 Å². The Kier molecular flexibility index (Phi) is 3.62. The molecule has 106 valence electrons. The van der Waals surface area contributed by atoms with Crippen LogP contribution in [0.25, 0.3) is 0 Å². The number of methoxy groups -OCH3 is 1. The molecular formula is C17H22NO2+. The molecule has 2 N–H and O–H groups in total. The molecule has 1 saturated heterocycles. The third-order valence-corrected chi connectivity index (χ3v) is 4.72. The van der Waals surface area contributed by atoms with Crippen LogP contribution in [-0.4, -0.2) is 26.0 Å². The Bertz CT molecular complexity index is 532. The van der Waals surface area contributed by atoms with E-state index in [-0.39, 0.29) is 5.41 Å². The van der Waals surface area contributed by atoms with Crippen molar-refractivity contribution in [1.82, 2.24) is 0 Å². The standard InChI is InChI=1S/C17H21NO2/c1-20-16-4-2-13(3-5-16)11-17-8-6-15(19)10-14(17)7-9-18-12-17/h2-5,10,18H,6-9,11-12H2,1H3/p+1. The number of rotatable bonds is 3. The summed E-state index contributed by atoms with van der Waals surface area (Å²) in [5.74, 6) is 1.21. The van der Waals surface area contributed by atoms with E-state index < -0.39 is 0 Å². The third kappa shape index (κ3) is 2.50. The molecule has 1 unspecified atom stereocenters. The number of piperidine rings is 1. The van der Waals surface area contributed by atoms with Crippen molar-refractivity contribution in [3.63, 3.8) is 0 Å². The first-order valence-electron chi connectivity index (χ1n) is 7.40. The minimum atomic E-state index is 0.195. The van der Waals surface area contributed by atoms with E-state index in [4.69, 9.17) is 4.74 Å². The van der Waals surface area contributed by atoms with E-state index in [1.807, 2.05) is 18.2 Å². The molecule has 1 aromatic carbocycles. The zero-order chi connectivity index (χ0) is 14.0. The summed E-state index contributed by atoms with van der Waals surface area (Å²) >= 11 is 0. The molecule has 1 atom stereocenters. The van der Waals surface area contributed by atoms with Crippen molar-refractivity contribution in [2.45, 2.75) is 25.7 Å². The van der Waals surface area contributed by atoms with Crippen LogP contribution in [0.15, 0.2) is 35.9 Å². The van der Waals surface area contributed by atoms with Gasteiger partial charge in [-0.2, -0.15) is 0 Å². The van der Waals surface area contributed by atoms with Gasteiger partial charge in [0.25, 0.3) is 0 Å². The number of hydrogen-bond acceptors (Lipinski definition) is 2. The predicted molar refractivity (Wildman–Crippen MR) is 77.7 cm³/mol. The summed E-state index contributed by atoms with van der Waals surface area (Å²) in [7, 11) is 1.69. The van der Waals surface area contributed by atoms with Crippen LogP contribution < -0.4 is 10.1 Å². The van der Waals surface area contributed by atoms with Crippen LogP contribution in [-0.2, 0) is 11.2 Å². The summed E-state index contributed by atoms with van der Waals surface area (Å²) in [4.78, 5) is 11.7. The van der Waals surface area contributed by atoms with Crippen LogP contribution in [0.5, 0.6) is 5.75 Å². The van der Waals surface area contributed by atoms with Crippen LogP contribution in [0.2, 0.25) is 0 Å². The first kappa shape index (κ1) is 13.4. The highest BCUT2D eigenvalue weighted by molar-refractivity contribution is 5.91. The quantitative estimate of drug-likeness (QED) is 0.905. The average molecular weight is 272 g/mol. The summed E-state index contributed by atoms with van der Waals surface area (Å²) in [5.41, 5.74) is 2.91. The van der Waals surface area contributed by atoms with Crippen LogP contribution in [0.3, 0.4) is 0 Å². The number of carbonyl (C=O) groups is 1. The van der Waals surface area contributed by atoms with Crippen LogP contribution in [0.1, 0.15) is 24.8 Å². The maximum absolute atomic E-state index is 11.7. The van der Waals surface area contributed by atoms with Gasteiger partial charge in [-0.15, -0.1) is 0 Å². The van der Waals surface area contributed by atoms with E-state index in [9.17, 15) is 4.79 Å². The summed E-state index contributed by atoms with van der Waals surface area (Å²) in [6.45, 7) is 2.22. The SMILES string of the molecule is COc1ccc(CC23CCC(=O)C=C2CC[NH2+]C3)cc1. The number of benzene rings is 1. The molecule has 3 heteroatoms. The maximum atomic E-state index is 11.7. The molecule has 0 spiro atoms. The highest BCUT2D eigenvalue weighted by Crippen LogP contribution is 2.41. The van der Waals surface area contributed by atoms with Crippen molar-refractivity contribution in [3.8, 4) is 5.75 Å². The number of quaternary nitrogens is 1. The maximum Gasteiger partial charge on any atom is 0.155 e. The minimum Gasteiger partial charge on any atom is -0.497 e. The zero-order valence-electron chi connectivity index (χ0n) is 12.0. The molecule has 1 aromatic rings. The topological polar surface area (TPSA) is 42.9 Å². The van der Waals surface area contributed by atoms with Gasteiger partial charge in [0.1, 0.15) is 5.75 Å². The van der Waals surface area contributed by atoms with Gasteiger partial charge in [0, 0.05) is 18.3 Å². The molecule has 0 aromatic heterocycles. The fraction of sp³-hybridized carbons (Fsp3) is 0.471. The first-order chi connectivity index (χ1) is 9.72. The average Bonchev–Trinajstić information content (AvgIpc) is 2.48. The normalized spacial score (nSPS) is 25.9. The minimum absolute atomic E-state index is 0.195. The Morgan fingerprint density at radius 2 is 2.05 bits per heavy atom. The van der Waals surface area contributed by atoms with Gasteiger partial charge in [-0.3, -0.25) is 4.79 Å². The van der Waals surface area contributed by atoms with E-state index >= 15 is 0 Å². The lowest BCUT2D eigenvalue weighted by molar-refractivity contribution is -0.671. The highest BCUT2D eigenvalue weighted by Gasteiger charge is 2.41. The number of allylic oxidation sites excluding steroid dienone is 1. The second-order valence-electron chi connectivity index (χ2n) is 5.97. The number of ether oxygens (including phenoxy) is 1. The molecule has 0 saturated carbocycles. The van der Waals surface area contributed by atoms with Gasteiger partial charge >= 0.3 is 0 Å². The molecule has 3 nitrogen and oxygen atoms in total. The lowest BCUT2D eigenvalue weighted by Crippen LogP contribution is -2.89. The Labute approximate surface area is 120 Å². The number of carbonyl (C=O) groups excluding carboxylic acids is 1. The molecule has 3 rings (SSSR count). The van der Waals surface area contributed by atoms with E-state index in [1.54, 1.807) is 7.11 Å². The first-order valence-corrected chi connectivity index (χ1v) is 7.40. The van der Waals surface area contributed by atoms with Gasteiger partial charge in [-0.25, -0.2) is 0 Å². The monoisotopic (exact) mass is 272 g/mol. The van der Waals surface area contributed by atoms with Crippen LogP contribution >= 0.6 is 0 Å². The molecule has 0 radical (unpaired) electrons. The van der Waals surface area contributed by atoms with Crippen molar-refractivity contribution in [2.24, 2.45) is 5.41 Å². The third-order valence-electron chi connectivity index (χ3n) is 4.72. The number of nitrogens with two attached hydrogens (primary N) is 1. The lowest BCUT2D eigenvalue weighted by Gasteiger charge is -2.40. The molecule has 1 fully saturated rings. The number of hydrogen-bond donors (Lipinski definition) is 1. The van der Waals surface area contributed by atoms with Crippen molar-refractivity contribution >= 4 is 5.78 Å². The molecular weight excluding hydrogens is 250 g/mol. The van der Waals surface area contributed by atoms with E-state index in [2.05, 4.69) is 17.4 Å². The van der Waals surface area contributed by atoms with E-state index in [0.29, 0.717) is 12.2 Å². The lowest BCUT2D eigenvalue weighted by atomic mass is 9.66. The van der Waals surface area contributed by atoms with Gasteiger partial charge in [-0.05, 0) is 42.2 Å². The highest BCUT2D eigenvalue weighted by atomic mass is 16.5. The van der Waals surface area contributed by atoms with Crippen molar-refractivity contribution in [2.75, 3.05) is 20.2 Å². The fourth-order valence-corrected chi connectivity index (χ4v) is 3.56. The van der Waals surface area contributed by atoms with E-state index in [1.165, 1.54) is 11.1 Å². The summed E-state index contributed by atoms with van der Waals surface area (Å²) in [6.07, 6.45) is 5.72. The molecule has 2 aliphatic rings. The Hall–Kier alpha value is -1.61. The zero-order valence-corrected chi connectivity index (χ0v) is 12.0. The Balaban J connectivity index is 1.85. The van der Waals surface area contributed by atoms with Gasteiger partial charge in [0.2, 0.25) is 0 Å². The summed E-state index contributed by atoms with van der Waals surface area (Å²) in [6, 6.07) is 8.35. The van der Waals surface area contributed by atoms with Gasteiger partial charge in [-0.1, -0.05) is 12.1 Å². The molecule has 20 heavy (non-hydrogen) atoms. The summed E-state index contributed by atoms with van der Waals surface area (Å²) < 4.78 is 5.22. The van der Waals surface area contributed by atoms with Crippen LogP contribution in [0.4, 0.5) is 0 Å². The predicted octanol–water partition coefficient (Wildman–Crippen LogP) is 1.48. The Morgan fingerprint density at radius 3 is 2.80 bits per heavy atom. The van der Waals surface area contributed by atoms with Gasteiger partial charge < -0.3 is 10.1 Å². The smallest absolute Gasteiger partial charge is 0.155 e. The number of fused-ring (bicyclic) bond motifs is 1. The second-order valence-corrected chi connectivity index (χ2v) is 5.97. The van der Waals surface area contributed by atoms with E-state index in [0.717, 1.165) is 38.1 Å². The Morgan fingerprint density at radius 1 is 1.25 bits per heavy atom. The van der Waals surface area contributed by atoms with Gasteiger partial charge in [0.05, 0.1) is 20.2 Å². The van der Waals surface area contributed by atoms with Crippen molar-refractivity contribution in [3.05, 3.63) is 41.5 Å².